The number of nitrogens with zero attached hydrogens (tertiary/aromatic N) is 1. The van der Waals surface area contributed by atoms with E-state index in [4.69, 9.17) is 9.47 Å². The quantitative estimate of drug-likeness (QED) is 0.272. The second-order valence-corrected chi connectivity index (χ2v) is 8.06. The van der Waals surface area contributed by atoms with Crippen LogP contribution in [0.2, 0.25) is 0 Å². The van der Waals surface area contributed by atoms with Crippen LogP contribution in [-0.2, 0) is 17.8 Å². The highest BCUT2D eigenvalue weighted by Crippen LogP contribution is 2.35. The number of nitrogens with one attached hydrogen (secondary N) is 1. The summed E-state index contributed by atoms with van der Waals surface area (Å²) >= 11 is 3.43. The van der Waals surface area contributed by atoms with Gasteiger partial charge in [-0.25, -0.2) is 0 Å². The van der Waals surface area contributed by atoms with E-state index < -0.39 is 5.91 Å². The van der Waals surface area contributed by atoms with Gasteiger partial charge in [-0.1, -0.05) is 34.1 Å². The fraction of sp³-hybridized carbons (Fsp3) is 0.280. The molecule has 2 aromatic carbocycles. The summed E-state index contributed by atoms with van der Waals surface area (Å²) in [5.41, 5.74) is 2.61. The average molecular weight is 483 g/mol. The number of halogens is 1. The number of nitriles is 1. The van der Waals surface area contributed by atoms with E-state index in [-0.39, 0.29) is 11.6 Å². The molecule has 1 N–H and O–H groups in total. The van der Waals surface area contributed by atoms with Crippen molar-refractivity contribution < 1.29 is 14.3 Å². The van der Waals surface area contributed by atoms with Crippen LogP contribution in [0.4, 0.5) is 0 Å². The van der Waals surface area contributed by atoms with Gasteiger partial charge < -0.3 is 14.8 Å². The molecule has 0 fully saturated rings. The lowest BCUT2D eigenvalue weighted by Crippen LogP contribution is -2.30. The fourth-order valence-corrected chi connectivity index (χ4v) is 3.16. The van der Waals surface area contributed by atoms with Gasteiger partial charge in [-0.15, -0.1) is 6.58 Å². The lowest BCUT2D eigenvalue weighted by molar-refractivity contribution is -0.117. The van der Waals surface area contributed by atoms with Gasteiger partial charge in [0, 0.05) is 16.1 Å². The van der Waals surface area contributed by atoms with Gasteiger partial charge in [0.25, 0.3) is 5.91 Å². The first-order chi connectivity index (χ1) is 14.9. The van der Waals surface area contributed by atoms with Crippen LogP contribution in [0.15, 0.2) is 59.1 Å². The molecule has 0 unspecified atom stereocenters. The first-order valence-electron chi connectivity index (χ1n) is 10.1. The molecule has 162 valence electrons. The zero-order chi connectivity index (χ0) is 22.8. The Labute approximate surface area is 192 Å². The fourth-order valence-electron chi connectivity index (χ4n) is 2.89. The first kappa shape index (κ1) is 24.2. The number of carbonyl (C=O) groups excluding carboxylic acids is 1. The molecule has 0 aliphatic carbocycles. The molecule has 0 bridgehead atoms. The third-order valence-electron chi connectivity index (χ3n) is 4.21. The Kier molecular flexibility index (Phi) is 9.36. The van der Waals surface area contributed by atoms with Gasteiger partial charge in [0.1, 0.15) is 18.2 Å². The van der Waals surface area contributed by atoms with E-state index in [0.29, 0.717) is 36.7 Å². The molecule has 5 nitrogen and oxygen atoms in total. The lowest BCUT2D eigenvalue weighted by Gasteiger charge is -2.17. The molecule has 1 amide bonds. The normalized spacial score (nSPS) is 11.0. The van der Waals surface area contributed by atoms with Gasteiger partial charge in [0.2, 0.25) is 0 Å². The predicted molar refractivity (Wildman–Crippen MR) is 127 cm³/mol. The molecule has 0 atom stereocenters. The van der Waals surface area contributed by atoms with E-state index in [0.717, 1.165) is 15.6 Å². The molecule has 0 heterocycles. The largest absolute Gasteiger partial charge is 0.490 e. The molecule has 31 heavy (non-hydrogen) atoms. The summed E-state index contributed by atoms with van der Waals surface area (Å²) in [5.74, 6) is 0.787. The summed E-state index contributed by atoms with van der Waals surface area (Å²) in [6, 6.07) is 13.5. The summed E-state index contributed by atoms with van der Waals surface area (Å²) in [6.45, 7) is 10.3. The molecule has 0 aliphatic rings. The standard InChI is InChI=1S/C25H27BrN2O3/c1-5-7-20-12-19(13-21(15-27)25(29)28-17(3)4)14-23(30-6-2)24(20)31-16-18-8-10-22(26)11-9-18/h5,8-14,17H,1,6-7,16H2,2-4H3,(H,28,29)/b21-13-. The van der Waals surface area contributed by atoms with Crippen LogP contribution in [0.3, 0.4) is 0 Å². The van der Waals surface area contributed by atoms with Crippen LogP contribution >= 0.6 is 15.9 Å². The van der Waals surface area contributed by atoms with E-state index in [9.17, 15) is 10.1 Å². The van der Waals surface area contributed by atoms with E-state index in [2.05, 4.69) is 27.8 Å². The molecular formula is C25H27BrN2O3. The Morgan fingerprint density at radius 1 is 1.26 bits per heavy atom. The average Bonchev–Trinajstić information content (AvgIpc) is 2.72. The van der Waals surface area contributed by atoms with Crippen molar-refractivity contribution in [2.75, 3.05) is 6.61 Å². The van der Waals surface area contributed by atoms with Crippen molar-refractivity contribution in [2.45, 2.75) is 39.8 Å². The van der Waals surface area contributed by atoms with Crippen molar-refractivity contribution in [3.05, 3.63) is 75.8 Å². The minimum atomic E-state index is -0.406. The molecule has 0 aliphatic heterocycles. The Hall–Kier alpha value is -3.04. The zero-order valence-electron chi connectivity index (χ0n) is 18.1. The third-order valence-corrected chi connectivity index (χ3v) is 4.74. The molecule has 2 aromatic rings. The molecule has 0 saturated heterocycles. The lowest BCUT2D eigenvalue weighted by atomic mass is 10.0. The number of rotatable bonds is 10. The monoisotopic (exact) mass is 482 g/mol. The summed E-state index contributed by atoms with van der Waals surface area (Å²) in [5, 5.41) is 12.2. The zero-order valence-corrected chi connectivity index (χ0v) is 19.7. The van der Waals surface area contributed by atoms with Gasteiger partial charge >= 0.3 is 0 Å². The maximum atomic E-state index is 12.3. The van der Waals surface area contributed by atoms with Gasteiger partial charge in [-0.05, 0) is 68.7 Å². The number of hydrogen-bond donors (Lipinski definition) is 1. The van der Waals surface area contributed by atoms with Crippen LogP contribution in [0.5, 0.6) is 11.5 Å². The summed E-state index contributed by atoms with van der Waals surface area (Å²) in [6.07, 6.45) is 3.89. The number of benzene rings is 2. The molecule has 0 radical (unpaired) electrons. The van der Waals surface area contributed by atoms with Crippen LogP contribution in [-0.4, -0.2) is 18.6 Å². The van der Waals surface area contributed by atoms with Crippen molar-refractivity contribution >= 4 is 27.9 Å². The highest BCUT2D eigenvalue weighted by atomic mass is 79.9. The van der Waals surface area contributed by atoms with Gasteiger partial charge in [0.15, 0.2) is 11.5 Å². The van der Waals surface area contributed by atoms with E-state index >= 15 is 0 Å². The van der Waals surface area contributed by atoms with Crippen molar-refractivity contribution in [3.63, 3.8) is 0 Å². The maximum Gasteiger partial charge on any atom is 0.262 e. The first-order valence-corrected chi connectivity index (χ1v) is 10.9. The number of allylic oxidation sites excluding steroid dienone is 1. The summed E-state index contributed by atoms with van der Waals surface area (Å²) in [7, 11) is 0. The highest BCUT2D eigenvalue weighted by molar-refractivity contribution is 9.10. The summed E-state index contributed by atoms with van der Waals surface area (Å²) < 4.78 is 13.0. The van der Waals surface area contributed by atoms with Crippen molar-refractivity contribution in [3.8, 4) is 17.6 Å². The van der Waals surface area contributed by atoms with Crippen LogP contribution in [0.1, 0.15) is 37.5 Å². The van der Waals surface area contributed by atoms with E-state index in [1.165, 1.54) is 0 Å². The minimum absolute atomic E-state index is 0.0317. The molecule has 6 heteroatoms. The Morgan fingerprint density at radius 2 is 1.97 bits per heavy atom. The van der Waals surface area contributed by atoms with Crippen molar-refractivity contribution in [1.29, 1.82) is 5.26 Å². The molecule has 2 rings (SSSR count). The highest BCUT2D eigenvalue weighted by Gasteiger charge is 2.15. The second-order valence-electron chi connectivity index (χ2n) is 7.15. The van der Waals surface area contributed by atoms with Crippen LogP contribution in [0, 0.1) is 11.3 Å². The second kappa shape index (κ2) is 12.0. The van der Waals surface area contributed by atoms with Crippen LogP contribution in [0.25, 0.3) is 6.08 Å². The molecule has 0 saturated carbocycles. The Bertz CT molecular complexity index is 989. The maximum absolute atomic E-state index is 12.3. The predicted octanol–water partition coefficient (Wildman–Crippen LogP) is 5.59. The Morgan fingerprint density at radius 3 is 2.55 bits per heavy atom. The minimum Gasteiger partial charge on any atom is -0.490 e. The molecule has 0 spiro atoms. The van der Waals surface area contributed by atoms with Gasteiger partial charge in [-0.3, -0.25) is 4.79 Å². The topological polar surface area (TPSA) is 71.4 Å². The third kappa shape index (κ3) is 7.30. The number of amides is 1. The molecule has 0 aromatic heterocycles. The van der Waals surface area contributed by atoms with E-state index in [1.807, 2.05) is 57.2 Å². The smallest absolute Gasteiger partial charge is 0.262 e. The van der Waals surface area contributed by atoms with Crippen molar-refractivity contribution in [1.82, 2.24) is 5.32 Å². The van der Waals surface area contributed by atoms with Gasteiger partial charge in [0.05, 0.1) is 6.61 Å². The van der Waals surface area contributed by atoms with E-state index in [1.54, 1.807) is 18.2 Å². The SMILES string of the molecule is C=CCc1cc(/C=C(/C#N)C(=O)NC(C)C)cc(OCC)c1OCc1ccc(Br)cc1. The number of ether oxygens (including phenoxy) is 2. The number of hydrogen-bond acceptors (Lipinski definition) is 4. The Balaban J connectivity index is 2.42. The van der Waals surface area contributed by atoms with Crippen molar-refractivity contribution in [2.24, 2.45) is 0 Å². The van der Waals surface area contributed by atoms with Gasteiger partial charge in [-0.2, -0.15) is 5.26 Å². The summed E-state index contributed by atoms with van der Waals surface area (Å²) in [4.78, 5) is 12.3. The molecular weight excluding hydrogens is 456 g/mol. The van der Waals surface area contributed by atoms with Crippen LogP contribution < -0.4 is 14.8 Å². The number of carbonyl (C=O) groups is 1.